The molecule has 0 aromatic heterocycles. The van der Waals surface area contributed by atoms with Gasteiger partial charge < -0.3 is 4.74 Å². The Bertz CT molecular complexity index is 408. The van der Waals surface area contributed by atoms with E-state index in [0.29, 0.717) is 12.6 Å². The van der Waals surface area contributed by atoms with Crippen molar-refractivity contribution in [1.82, 2.24) is 4.90 Å². The van der Waals surface area contributed by atoms with Crippen LogP contribution in [-0.2, 0) is 11.3 Å². The number of likely N-dealkylation sites (tertiary alicyclic amines) is 1. The molecule has 5 heteroatoms. The standard InChI is InChI=1S/C14H18Br2FNO/c15-5-8-19-13-3-6-18(7-4-13)10-11-9-12(16)1-2-14(11)17/h1-2,9,13H,3-8,10H2. The summed E-state index contributed by atoms with van der Waals surface area (Å²) >= 11 is 6.75. The first-order valence-corrected chi connectivity index (χ1v) is 8.44. The van der Waals surface area contributed by atoms with E-state index >= 15 is 0 Å². The molecule has 2 rings (SSSR count). The van der Waals surface area contributed by atoms with Gasteiger partial charge in [0.1, 0.15) is 5.82 Å². The normalized spacial score (nSPS) is 17.8. The Hall–Kier alpha value is 0.0300. The molecule has 1 saturated heterocycles. The van der Waals surface area contributed by atoms with Gasteiger partial charge in [-0.05, 0) is 31.0 Å². The Morgan fingerprint density at radius 1 is 1.32 bits per heavy atom. The van der Waals surface area contributed by atoms with Gasteiger partial charge in [0.2, 0.25) is 0 Å². The zero-order valence-corrected chi connectivity index (χ0v) is 13.9. The topological polar surface area (TPSA) is 12.5 Å². The molecule has 0 unspecified atom stereocenters. The fourth-order valence-electron chi connectivity index (χ4n) is 2.35. The van der Waals surface area contributed by atoms with Crippen LogP contribution in [0.15, 0.2) is 22.7 Å². The Kier molecular flexibility index (Phi) is 6.26. The summed E-state index contributed by atoms with van der Waals surface area (Å²) < 4.78 is 20.3. The molecule has 0 radical (unpaired) electrons. The molecular weight excluding hydrogens is 377 g/mol. The highest BCUT2D eigenvalue weighted by molar-refractivity contribution is 9.10. The van der Waals surface area contributed by atoms with Gasteiger partial charge in [-0.3, -0.25) is 4.90 Å². The third kappa shape index (κ3) is 4.81. The van der Waals surface area contributed by atoms with Gasteiger partial charge in [-0.15, -0.1) is 0 Å². The number of alkyl halides is 1. The second-order valence-corrected chi connectivity index (χ2v) is 6.48. The van der Waals surface area contributed by atoms with Crippen LogP contribution in [0, 0.1) is 5.82 Å². The van der Waals surface area contributed by atoms with Crippen molar-refractivity contribution in [3.8, 4) is 0 Å². The quantitative estimate of drug-likeness (QED) is 0.700. The highest BCUT2D eigenvalue weighted by Gasteiger charge is 2.20. The summed E-state index contributed by atoms with van der Waals surface area (Å²) in [6, 6.07) is 5.12. The summed E-state index contributed by atoms with van der Waals surface area (Å²) in [4.78, 5) is 2.29. The van der Waals surface area contributed by atoms with Crippen molar-refractivity contribution in [2.75, 3.05) is 25.0 Å². The van der Waals surface area contributed by atoms with Crippen molar-refractivity contribution in [2.45, 2.75) is 25.5 Å². The van der Waals surface area contributed by atoms with E-state index in [0.717, 1.165) is 47.9 Å². The summed E-state index contributed by atoms with van der Waals surface area (Å²) in [7, 11) is 0. The number of benzene rings is 1. The average Bonchev–Trinajstić information content (AvgIpc) is 2.42. The number of ether oxygens (including phenoxy) is 1. The lowest BCUT2D eigenvalue weighted by Crippen LogP contribution is -2.37. The maximum atomic E-state index is 13.7. The molecule has 1 aliphatic rings. The molecule has 0 saturated carbocycles. The fraction of sp³-hybridized carbons (Fsp3) is 0.571. The van der Waals surface area contributed by atoms with E-state index in [1.54, 1.807) is 6.07 Å². The van der Waals surface area contributed by atoms with E-state index in [1.807, 2.05) is 6.07 Å². The van der Waals surface area contributed by atoms with E-state index in [9.17, 15) is 4.39 Å². The number of hydrogen-bond acceptors (Lipinski definition) is 2. The lowest BCUT2D eigenvalue weighted by molar-refractivity contribution is 0.0139. The Morgan fingerprint density at radius 3 is 2.74 bits per heavy atom. The maximum absolute atomic E-state index is 13.7. The first-order valence-electron chi connectivity index (χ1n) is 6.53. The molecule has 1 aromatic carbocycles. The van der Waals surface area contributed by atoms with Crippen molar-refractivity contribution in [1.29, 1.82) is 0 Å². The molecule has 1 aliphatic heterocycles. The molecule has 2 nitrogen and oxygen atoms in total. The van der Waals surface area contributed by atoms with Crippen LogP contribution >= 0.6 is 31.9 Å². The highest BCUT2D eigenvalue weighted by atomic mass is 79.9. The van der Waals surface area contributed by atoms with Crippen molar-refractivity contribution in [3.63, 3.8) is 0 Å². The molecule has 1 aromatic rings. The van der Waals surface area contributed by atoms with Crippen LogP contribution in [0.25, 0.3) is 0 Å². The van der Waals surface area contributed by atoms with Gasteiger partial charge in [0, 0.05) is 35.0 Å². The molecule has 1 heterocycles. The van der Waals surface area contributed by atoms with Gasteiger partial charge in [-0.2, -0.15) is 0 Å². The molecule has 0 atom stereocenters. The Balaban J connectivity index is 1.83. The van der Waals surface area contributed by atoms with Crippen molar-refractivity contribution in [3.05, 3.63) is 34.1 Å². The summed E-state index contributed by atoms with van der Waals surface area (Å²) in [5, 5.41) is 0.885. The summed E-state index contributed by atoms with van der Waals surface area (Å²) in [6.07, 6.45) is 2.42. The predicted molar refractivity (Wildman–Crippen MR) is 82.1 cm³/mol. The summed E-state index contributed by atoms with van der Waals surface area (Å²) in [5.41, 5.74) is 0.759. The predicted octanol–water partition coefficient (Wildman–Crippen LogP) is 3.96. The SMILES string of the molecule is Fc1ccc(Br)cc1CN1CCC(OCCBr)CC1. The molecule has 19 heavy (non-hydrogen) atoms. The Morgan fingerprint density at radius 2 is 2.05 bits per heavy atom. The van der Waals surface area contributed by atoms with Crippen molar-refractivity contribution >= 4 is 31.9 Å². The Labute approximate surface area is 130 Å². The summed E-state index contributed by atoms with van der Waals surface area (Å²) in [6.45, 7) is 3.39. The third-order valence-electron chi connectivity index (χ3n) is 3.37. The number of rotatable bonds is 5. The minimum Gasteiger partial charge on any atom is -0.377 e. The van der Waals surface area contributed by atoms with Crippen LogP contribution in [0.1, 0.15) is 18.4 Å². The van der Waals surface area contributed by atoms with Gasteiger partial charge in [0.15, 0.2) is 0 Å². The van der Waals surface area contributed by atoms with Gasteiger partial charge in [0.25, 0.3) is 0 Å². The maximum Gasteiger partial charge on any atom is 0.127 e. The van der Waals surface area contributed by atoms with Crippen LogP contribution in [0.2, 0.25) is 0 Å². The van der Waals surface area contributed by atoms with Gasteiger partial charge >= 0.3 is 0 Å². The third-order valence-corrected chi connectivity index (χ3v) is 4.18. The van der Waals surface area contributed by atoms with Crippen LogP contribution < -0.4 is 0 Å². The highest BCUT2D eigenvalue weighted by Crippen LogP contribution is 2.20. The minimum absolute atomic E-state index is 0.124. The van der Waals surface area contributed by atoms with E-state index in [1.165, 1.54) is 6.07 Å². The first-order chi connectivity index (χ1) is 9.19. The summed E-state index contributed by atoms with van der Waals surface area (Å²) in [5.74, 6) is -0.124. The van der Waals surface area contributed by atoms with E-state index in [2.05, 4.69) is 36.8 Å². The zero-order valence-electron chi connectivity index (χ0n) is 10.7. The largest absolute Gasteiger partial charge is 0.377 e. The average molecular weight is 395 g/mol. The van der Waals surface area contributed by atoms with Gasteiger partial charge in [0.05, 0.1) is 12.7 Å². The number of hydrogen-bond donors (Lipinski definition) is 0. The number of piperidine rings is 1. The van der Waals surface area contributed by atoms with Crippen LogP contribution in [0.5, 0.6) is 0 Å². The minimum atomic E-state index is -0.124. The molecule has 1 fully saturated rings. The number of halogens is 3. The van der Waals surface area contributed by atoms with Crippen molar-refractivity contribution in [2.24, 2.45) is 0 Å². The molecule has 0 spiro atoms. The van der Waals surface area contributed by atoms with E-state index in [4.69, 9.17) is 4.74 Å². The van der Waals surface area contributed by atoms with Gasteiger partial charge in [-0.25, -0.2) is 4.39 Å². The van der Waals surface area contributed by atoms with Gasteiger partial charge in [-0.1, -0.05) is 31.9 Å². The zero-order chi connectivity index (χ0) is 13.7. The monoisotopic (exact) mass is 393 g/mol. The molecule has 0 bridgehead atoms. The molecule has 106 valence electrons. The van der Waals surface area contributed by atoms with Crippen LogP contribution in [0.3, 0.4) is 0 Å². The van der Waals surface area contributed by atoms with Crippen LogP contribution in [0.4, 0.5) is 4.39 Å². The van der Waals surface area contributed by atoms with E-state index in [-0.39, 0.29) is 5.82 Å². The lowest BCUT2D eigenvalue weighted by atomic mass is 10.1. The molecule has 0 N–H and O–H groups in total. The lowest BCUT2D eigenvalue weighted by Gasteiger charge is -2.31. The smallest absolute Gasteiger partial charge is 0.127 e. The fourth-order valence-corrected chi connectivity index (χ4v) is 2.95. The first kappa shape index (κ1) is 15.4. The van der Waals surface area contributed by atoms with Crippen LogP contribution in [-0.4, -0.2) is 36.0 Å². The second-order valence-electron chi connectivity index (χ2n) is 4.77. The molecule has 0 aliphatic carbocycles. The van der Waals surface area contributed by atoms with Crippen molar-refractivity contribution < 1.29 is 9.13 Å². The second kappa shape index (κ2) is 7.72. The molecule has 0 amide bonds. The molecular formula is C14H18Br2FNO. The number of nitrogens with zero attached hydrogens (tertiary/aromatic N) is 1. The van der Waals surface area contributed by atoms with E-state index < -0.39 is 0 Å².